The largest absolute Gasteiger partial charge is 0.384 e. The van der Waals surface area contributed by atoms with Crippen molar-refractivity contribution in [3.05, 3.63) is 35.4 Å². The van der Waals surface area contributed by atoms with E-state index in [1.54, 1.807) is 12.1 Å². The molecule has 1 aromatic rings. The average molecular weight is 260 g/mol. The average Bonchev–Trinajstić information content (AvgIpc) is 2.46. The van der Waals surface area contributed by atoms with Gasteiger partial charge in [-0.05, 0) is 31.5 Å². The molecule has 0 spiro atoms. The number of benzene rings is 1. The molecule has 1 heterocycles. The van der Waals surface area contributed by atoms with Crippen molar-refractivity contribution < 1.29 is 4.79 Å². The molecule has 5 N–H and O–H groups in total. The molecule has 0 aromatic heterocycles. The summed E-state index contributed by atoms with van der Waals surface area (Å²) in [5.74, 6) is 0.333. The Bertz CT molecular complexity index is 449. The van der Waals surface area contributed by atoms with Gasteiger partial charge in [-0.2, -0.15) is 0 Å². The predicted octanol–water partition coefficient (Wildman–Crippen LogP) is 0.586. The number of hydrogen-bond donors (Lipinski definition) is 4. The fourth-order valence-electron chi connectivity index (χ4n) is 2.22. The van der Waals surface area contributed by atoms with Crippen molar-refractivity contribution in [2.45, 2.75) is 19.4 Å². The summed E-state index contributed by atoms with van der Waals surface area (Å²) in [6.45, 7) is 2.37. The molecular formula is C14H20N4O. The highest BCUT2D eigenvalue weighted by atomic mass is 16.1. The summed E-state index contributed by atoms with van der Waals surface area (Å²) in [6, 6.07) is 7.38. The van der Waals surface area contributed by atoms with E-state index in [1.807, 2.05) is 12.1 Å². The molecule has 0 radical (unpaired) electrons. The molecular weight excluding hydrogens is 240 g/mol. The SMILES string of the molecule is N=C(N)c1ccc(CNC(=O)C2CCNCC2)cc1. The molecule has 0 aliphatic carbocycles. The van der Waals surface area contributed by atoms with Crippen molar-refractivity contribution in [1.29, 1.82) is 5.41 Å². The number of nitrogens with two attached hydrogens (primary N) is 1. The van der Waals surface area contributed by atoms with Gasteiger partial charge in [0.05, 0.1) is 0 Å². The topological polar surface area (TPSA) is 91.0 Å². The van der Waals surface area contributed by atoms with E-state index in [9.17, 15) is 4.79 Å². The Morgan fingerprint density at radius 2 is 1.95 bits per heavy atom. The maximum Gasteiger partial charge on any atom is 0.223 e. The Kier molecular flexibility index (Phi) is 4.52. The lowest BCUT2D eigenvalue weighted by molar-refractivity contribution is -0.125. The second-order valence-corrected chi connectivity index (χ2v) is 4.85. The first-order valence-electron chi connectivity index (χ1n) is 6.58. The van der Waals surface area contributed by atoms with Crippen LogP contribution in [0.25, 0.3) is 0 Å². The summed E-state index contributed by atoms with van der Waals surface area (Å²) in [7, 11) is 0. The Morgan fingerprint density at radius 1 is 1.32 bits per heavy atom. The first-order chi connectivity index (χ1) is 9.16. The van der Waals surface area contributed by atoms with E-state index in [4.69, 9.17) is 11.1 Å². The molecule has 1 aliphatic rings. The lowest BCUT2D eigenvalue weighted by atomic mass is 9.97. The number of nitrogens with one attached hydrogen (secondary N) is 3. The minimum Gasteiger partial charge on any atom is -0.384 e. The lowest BCUT2D eigenvalue weighted by Gasteiger charge is -2.21. The van der Waals surface area contributed by atoms with Gasteiger partial charge in [0.2, 0.25) is 5.91 Å². The number of amides is 1. The molecule has 1 saturated heterocycles. The minimum atomic E-state index is 0.0605. The molecule has 0 atom stereocenters. The Labute approximate surface area is 113 Å². The van der Waals surface area contributed by atoms with Crippen LogP contribution < -0.4 is 16.4 Å². The number of carbonyl (C=O) groups excluding carboxylic acids is 1. The van der Waals surface area contributed by atoms with E-state index < -0.39 is 0 Å². The van der Waals surface area contributed by atoms with Crippen molar-refractivity contribution in [3.63, 3.8) is 0 Å². The van der Waals surface area contributed by atoms with Crippen molar-refractivity contribution in [3.8, 4) is 0 Å². The summed E-state index contributed by atoms with van der Waals surface area (Å²) >= 11 is 0. The Morgan fingerprint density at radius 3 is 2.53 bits per heavy atom. The maximum absolute atomic E-state index is 12.0. The molecule has 2 rings (SSSR count). The summed E-state index contributed by atoms with van der Waals surface area (Å²) in [5.41, 5.74) is 7.11. The van der Waals surface area contributed by atoms with E-state index in [2.05, 4.69) is 10.6 Å². The number of hydrogen-bond acceptors (Lipinski definition) is 3. The van der Waals surface area contributed by atoms with Gasteiger partial charge in [-0.3, -0.25) is 10.2 Å². The Balaban J connectivity index is 1.84. The van der Waals surface area contributed by atoms with Gasteiger partial charge >= 0.3 is 0 Å². The van der Waals surface area contributed by atoms with Crippen LogP contribution in [-0.4, -0.2) is 24.8 Å². The standard InChI is InChI=1S/C14H20N4O/c15-13(16)11-3-1-10(2-4-11)9-18-14(19)12-5-7-17-8-6-12/h1-4,12,17H,5-9H2,(H3,15,16)(H,18,19). The van der Waals surface area contributed by atoms with Crippen LogP contribution in [0.1, 0.15) is 24.0 Å². The van der Waals surface area contributed by atoms with Gasteiger partial charge < -0.3 is 16.4 Å². The van der Waals surface area contributed by atoms with E-state index in [1.165, 1.54) is 0 Å². The third-order valence-corrected chi connectivity index (χ3v) is 3.44. The first kappa shape index (κ1) is 13.5. The van der Waals surface area contributed by atoms with E-state index in [0.29, 0.717) is 12.1 Å². The second-order valence-electron chi connectivity index (χ2n) is 4.85. The maximum atomic E-state index is 12.0. The molecule has 102 valence electrons. The zero-order valence-electron chi connectivity index (χ0n) is 10.9. The Hall–Kier alpha value is -1.88. The van der Waals surface area contributed by atoms with Crippen LogP contribution >= 0.6 is 0 Å². The predicted molar refractivity (Wildman–Crippen MR) is 74.9 cm³/mol. The fourth-order valence-corrected chi connectivity index (χ4v) is 2.22. The molecule has 1 fully saturated rings. The van der Waals surface area contributed by atoms with Crippen LogP contribution in [0.2, 0.25) is 0 Å². The lowest BCUT2D eigenvalue weighted by Crippen LogP contribution is -2.37. The van der Waals surface area contributed by atoms with Crippen molar-refractivity contribution in [2.24, 2.45) is 11.7 Å². The molecule has 0 bridgehead atoms. The van der Waals surface area contributed by atoms with Gasteiger partial charge in [-0.25, -0.2) is 0 Å². The summed E-state index contributed by atoms with van der Waals surface area (Å²) < 4.78 is 0. The van der Waals surface area contributed by atoms with Crippen LogP contribution in [-0.2, 0) is 11.3 Å². The van der Waals surface area contributed by atoms with Gasteiger partial charge in [0.1, 0.15) is 5.84 Å². The quantitative estimate of drug-likeness (QED) is 0.471. The van der Waals surface area contributed by atoms with Crippen LogP contribution in [0.5, 0.6) is 0 Å². The molecule has 0 saturated carbocycles. The number of rotatable bonds is 4. The number of carbonyl (C=O) groups is 1. The number of amidine groups is 1. The van der Waals surface area contributed by atoms with Crippen LogP contribution in [0, 0.1) is 11.3 Å². The van der Waals surface area contributed by atoms with Gasteiger partial charge in [0.15, 0.2) is 0 Å². The number of piperidine rings is 1. The molecule has 0 unspecified atom stereocenters. The van der Waals surface area contributed by atoms with Gasteiger partial charge in [0.25, 0.3) is 0 Å². The van der Waals surface area contributed by atoms with E-state index >= 15 is 0 Å². The van der Waals surface area contributed by atoms with Crippen LogP contribution in [0.15, 0.2) is 24.3 Å². The minimum absolute atomic E-state index is 0.0605. The van der Waals surface area contributed by atoms with Crippen molar-refractivity contribution in [2.75, 3.05) is 13.1 Å². The fraction of sp³-hybridized carbons (Fsp3) is 0.429. The highest BCUT2D eigenvalue weighted by Gasteiger charge is 2.20. The van der Waals surface area contributed by atoms with E-state index in [0.717, 1.165) is 31.5 Å². The zero-order chi connectivity index (χ0) is 13.7. The normalized spacial score (nSPS) is 16.0. The van der Waals surface area contributed by atoms with Crippen LogP contribution in [0.4, 0.5) is 0 Å². The summed E-state index contributed by atoms with van der Waals surface area (Å²) in [4.78, 5) is 12.0. The zero-order valence-corrected chi connectivity index (χ0v) is 10.9. The third-order valence-electron chi connectivity index (χ3n) is 3.44. The highest BCUT2D eigenvalue weighted by Crippen LogP contribution is 2.12. The van der Waals surface area contributed by atoms with Gasteiger partial charge in [-0.1, -0.05) is 24.3 Å². The molecule has 5 heteroatoms. The molecule has 19 heavy (non-hydrogen) atoms. The van der Waals surface area contributed by atoms with Crippen molar-refractivity contribution >= 4 is 11.7 Å². The molecule has 5 nitrogen and oxygen atoms in total. The van der Waals surface area contributed by atoms with E-state index in [-0.39, 0.29) is 17.7 Å². The number of nitrogen functional groups attached to an aromatic ring is 1. The summed E-state index contributed by atoms with van der Waals surface area (Å²) in [6.07, 6.45) is 1.82. The van der Waals surface area contributed by atoms with Gasteiger partial charge in [0, 0.05) is 18.0 Å². The second kappa shape index (κ2) is 6.33. The first-order valence-corrected chi connectivity index (χ1v) is 6.58. The molecule has 1 aromatic carbocycles. The monoisotopic (exact) mass is 260 g/mol. The smallest absolute Gasteiger partial charge is 0.223 e. The third kappa shape index (κ3) is 3.79. The summed E-state index contributed by atoms with van der Waals surface area (Å²) in [5, 5.41) is 13.5. The molecule has 1 aliphatic heterocycles. The highest BCUT2D eigenvalue weighted by molar-refractivity contribution is 5.94. The molecule has 1 amide bonds. The van der Waals surface area contributed by atoms with Crippen molar-refractivity contribution in [1.82, 2.24) is 10.6 Å². The van der Waals surface area contributed by atoms with Gasteiger partial charge in [-0.15, -0.1) is 0 Å². The van der Waals surface area contributed by atoms with Crippen LogP contribution in [0.3, 0.4) is 0 Å².